The number of hydrogen-bond donors (Lipinski definition) is 1. The first-order valence-electron chi connectivity index (χ1n) is 15.7. The molecule has 4 fully saturated rings. The molecule has 5 atom stereocenters. The number of fused-ring (bicyclic) bond motifs is 6. The van der Waals surface area contributed by atoms with Crippen LogP contribution in [0.1, 0.15) is 95.1 Å². The van der Waals surface area contributed by atoms with Gasteiger partial charge in [0.15, 0.2) is 0 Å². The minimum Gasteiger partial charge on any atom is -0.354 e. The van der Waals surface area contributed by atoms with Crippen LogP contribution in [0, 0.1) is 23.7 Å². The summed E-state index contributed by atoms with van der Waals surface area (Å²) in [6, 6.07) is 2.20. The monoisotopic (exact) mass is 556 g/mol. The van der Waals surface area contributed by atoms with E-state index in [0.717, 1.165) is 61.8 Å². The maximum Gasteiger partial charge on any atom is 0.267 e. The molecule has 5 unspecified atom stereocenters. The molecule has 0 spiro atoms. The molecule has 2 aliphatic heterocycles. The lowest BCUT2D eigenvalue weighted by atomic mass is 9.65. The predicted molar refractivity (Wildman–Crippen MR) is 162 cm³/mol. The molecule has 8 heteroatoms. The molecule has 0 radical (unpaired) electrons. The molecule has 218 valence electrons. The van der Waals surface area contributed by atoms with Crippen molar-refractivity contribution in [2.45, 2.75) is 90.6 Å². The number of hydrogen-bond acceptors (Lipinski definition) is 5. The maximum atomic E-state index is 13.5. The first-order valence-corrected chi connectivity index (χ1v) is 15.7. The van der Waals surface area contributed by atoms with Gasteiger partial charge in [-0.05, 0) is 80.4 Å². The highest BCUT2D eigenvalue weighted by Gasteiger charge is 2.41. The zero-order valence-corrected chi connectivity index (χ0v) is 25.0. The second-order valence-corrected chi connectivity index (χ2v) is 12.8. The molecular weight excluding hydrogens is 512 g/mol. The zero-order valence-electron chi connectivity index (χ0n) is 25.0. The molecule has 7 rings (SSSR count). The number of nitrogens with zero attached hydrogens (tertiary/aromatic N) is 5. The number of nitrogens with one attached hydrogen (secondary N) is 1. The number of carbonyl (C=O) groups is 2. The summed E-state index contributed by atoms with van der Waals surface area (Å²) in [5, 5.41) is 3.63. The molecular formula is C33H44N6O2. The van der Waals surface area contributed by atoms with Crippen molar-refractivity contribution in [3.63, 3.8) is 0 Å². The maximum absolute atomic E-state index is 13.5. The molecule has 2 aromatic rings. The van der Waals surface area contributed by atoms with Gasteiger partial charge < -0.3 is 14.8 Å². The third kappa shape index (κ3) is 5.38. The number of allylic oxidation sites excluding steroid dienone is 2. The van der Waals surface area contributed by atoms with E-state index < -0.39 is 0 Å². The Labute approximate surface area is 243 Å². The van der Waals surface area contributed by atoms with Crippen LogP contribution in [-0.2, 0) is 4.79 Å². The van der Waals surface area contributed by atoms with E-state index in [1.165, 1.54) is 18.4 Å². The van der Waals surface area contributed by atoms with E-state index in [1.54, 1.807) is 13.2 Å². The SMILES string of the molecule is CCC1=CC(=Nc2ncc3cc(C(=O)NC)n(C4CCCC4)c3n2)C=CC(N2CC3CCC(CC2=O)C(C)C3C)C1. The molecule has 2 bridgehead atoms. The van der Waals surface area contributed by atoms with Crippen molar-refractivity contribution in [1.29, 1.82) is 0 Å². The Bertz CT molecular complexity index is 1410. The Morgan fingerprint density at radius 3 is 2.61 bits per heavy atom. The Morgan fingerprint density at radius 2 is 1.85 bits per heavy atom. The Balaban J connectivity index is 1.31. The highest BCUT2D eigenvalue weighted by atomic mass is 16.2. The van der Waals surface area contributed by atoms with Crippen LogP contribution in [0.25, 0.3) is 11.0 Å². The summed E-state index contributed by atoms with van der Waals surface area (Å²) in [6.45, 7) is 7.75. The summed E-state index contributed by atoms with van der Waals surface area (Å²) < 4.78 is 2.10. The minimum absolute atomic E-state index is 0.0429. The van der Waals surface area contributed by atoms with E-state index in [4.69, 9.17) is 9.98 Å². The van der Waals surface area contributed by atoms with Crippen LogP contribution in [0.5, 0.6) is 0 Å². The number of carbonyl (C=O) groups excluding carboxylic acids is 2. The van der Waals surface area contributed by atoms with Gasteiger partial charge in [0, 0.05) is 37.6 Å². The van der Waals surface area contributed by atoms with Gasteiger partial charge in [-0.15, -0.1) is 0 Å². The van der Waals surface area contributed by atoms with Crippen molar-refractivity contribution in [2.24, 2.45) is 28.7 Å². The Morgan fingerprint density at radius 1 is 1.10 bits per heavy atom. The number of rotatable bonds is 5. The van der Waals surface area contributed by atoms with E-state index in [2.05, 4.69) is 52.7 Å². The second-order valence-electron chi connectivity index (χ2n) is 12.8. The fourth-order valence-electron chi connectivity index (χ4n) is 7.77. The van der Waals surface area contributed by atoms with Crippen LogP contribution in [0.3, 0.4) is 0 Å². The van der Waals surface area contributed by atoms with E-state index in [1.807, 2.05) is 12.1 Å². The van der Waals surface area contributed by atoms with Crippen LogP contribution in [-0.4, -0.2) is 56.6 Å². The standard InChI is InChI=1S/C33H44N6O2/c1-5-22-14-26(12-13-28(15-22)38-19-24-11-10-23(17-30(38)40)20(2)21(24)3)36-33-35-18-25-16-29(32(41)34-4)39(31(25)37-33)27-8-6-7-9-27/h12-14,16,18,20-21,23-24,27-28H,5-11,15,17,19H2,1-4H3,(H,34,41). The third-order valence-electron chi connectivity index (χ3n) is 10.5. The van der Waals surface area contributed by atoms with Crippen LogP contribution >= 0.6 is 0 Å². The van der Waals surface area contributed by atoms with Gasteiger partial charge in [0.2, 0.25) is 5.91 Å². The molecule has 0 aromatic carbocycles. The fraction of sp³-hybridized carbons (Fsp3) is 0.606. The van der Waals surface area contributed by atoms with E-state index in [9.17, 15) is 9.59 Å². The highest BCUT2D eigenvalue weighted by Crippen LogP contribution is 2.43. The lowest BCUT2D eigenvalue weighted by Crippen LogP contribution is -2.50. The van der Waals surface area contributed by atoms with Crippen LogP contribution in [0.15, 0.2) is 41.1 Å². The molecule has 2 saturated carbocycles. The van der Waals surface area contributed by atoms with E-state index in [0.29, 0.717) is 47.6 Å². The van der Waals surface area contributed by atoms with Crippen molar-refractivity contribution in [3.05, 3.63) is 41.8 Å². The fourth-order valence-corrected chi connectivity index (χ4v) is 7.77. The van der Waals surface area contributed by atoms with Gasteiger partial charge in [-0.2, -0.15) is 4.98 Å². The molecule has 41 heavy (non-hydrogen) atoms. The molecule has 2 amide bonds. The summed E-state index contributed by atoms with van der Waals surface area (Å²) >= 11 is 0. The normalized spacial score (nSPS) is 30.0. The summed E-state index contributed by atoms with van der Waals surface area (Å²) in [5.74, 6) is 2.93. The molecule has 2 saturated heterocycles. The quantitative estimate of drug-likeness (QED) is 0.476. The van der Waals surface area contributed by atoms with Crippen molar-refractivity contribution in [2.75, 3.05) is 13.6 Å². The zero-order chi connectivity index (χ0) is 28.7. The summed E-state index contributed by atoms with van der Waals surface area (Å²) in [5.41, 5.74) is 3.48. The van der Waals surface area contributed by atoms with Gasteiger partial charge in [0.25, 0.3) is 11.9 Å². The van der Waals surface area contributed by atoms with Gasteiger partial charge in [0.05, 0.1) is 11.8 Å². The topological polar surface area (TPSA) is 92.5 Å². The molecule has 5 aliphatic rings. The average Bonchev–Trinajstić information content (AvgIpc) is 3.58. The largest absolute Gasteiger partial charge is 0.354 e. The summed E-state index contributed by atoms with van der Waals surface area (Å²) in [4.78, 5) is 42.7. The Hall–Kier alpha value is -3.29. The van der Waals surface area contributed by atoms with Crippen molar-refractivity contribution in [1.82, 2.24) is 24.8 Å². The van der Waals surface area contributed by atoms with Gasteiger partial charge in [-0.25, -0.2) is 9.98 Å². The molecule has 8 nitrogen and oxygen atoms in total. The number of amides is 2. The average molecular weight is 557 g/mol. The van der Waals surface area contributed by atoms with Gasteiger partial charge in [0.1, 0.15) is 11.3 Å². The molecule has 3 aliphatic carbocycles. The van der Waals surface area contributed by atoms with E-state index >= 15 is 0 Å². The van der Waals surface area contributed by atoms with Crippen molar-refractivity contribution in [3.8, 4) is 0 Å². The van der Waals surface area contributed by atoms with Gasteiger partial charge >= 0.3 is 0 Å². The minimum atomic E-state index is -0.105. The first kappa shape index (κ1) is 27.9. The molecule has 4 heterocycles. The lowest BCUT2D eigenvalue weighted by Gasteiger charge is -2.46. The highest BCUT2D eigenvalue weighted by molar-refractivity contribution is 6.06. The molecule has 1 N–H and O–H groups in total. The molecule has 2 aromatic heterocycles. The smallest absolute Gasteiger partial charge is 0.267 e. The van der Waals surface area contributed by atoms with Crippen LogP contribution in [0.2, 0.25) is 0 Å². The summed E-state index contributed by atoms with van der Waals surface area (Å²) in [7, 11) is 1.66. The van der Waals surface area contributed by atoms with Crippen molar-refractivity contribution < 1.29 is 9.59 Å². The van der Waals surface area contributed by atoms with Crippen LogP contribution < -0.4 is 5.32 Å². The van der Waals surface area contributed by atoms with Gasteiger partial charge in [-0.1, -0.05) is 45.3 Å². The number of aliphatic imine (C=N–C) groups is 1. The van der Waals surface area contributed by atoms with E-state index in [-0.39, 0.29) is 18.0 Å². The predicted octanol–water partition coefficient (Wildman–Crippen LogP) is 6.17. The first-order chi connectivity index (χ1) is 19.9. The summed E-state index contributed by atoms with van der Waals surface area (Å²) in [6.07, 6.45) is 17.4. The lowest BCUT2D eigenvalue weighted by molar-refractivity contribution is -0.139. The number of aromatic nitrogens is 3. The van der Waals surface area contributed by atoms with Gasteiger partial charge in [-0.3, -0.25) is 9.59 Å². The third-order valence-corrected chi connectivity index (χ3v) is 10.5. The van der Waals surface area contributed by atoms with Crippen LogP contribution in [0.4, 0.5) is 5.95 Å². The Kier molecular flexibility index (Phi) is 7.84. The second kappa shape index (κ2) is 11.5. The van der Waals surface area contributed by atoms with Crippen molar-refractivity contribution >= 4 is 34.5 Å².